The van der Waals surface area contributed by atoms with E-state index < -0.39 is 0 Å². The Kier molecular flexibility index (Phi) is 9.11. The molecule has 0 saturated heterocycles. The monoisotopic (exact) mass is 213 g/mol. The Balaban J connectivity index is 3.11. The summed E-state index contributed by atoms with van der Waals surface area (Å²) in [6.45, 7) is 8.67. The van der Waals surface area contributed by atoms with Gasteiger partial charge in [-0.3, -0.25) is 4.79 Å². The Hall–Kier alpha value is -0.870. The van der Waals surface area contributed by atoms with Crippen LogP contribution in [0.5, 0.6) is 0 Å². The first-order valence-electron chi connectivity index (χ1n) is 5.53. The van der Waals surface area contributed by atoms with Gasteiger partial charge in [0.05, 0.1) is 0 Å². The van der Waals surface area contributed by atoms with Crippen LogP contribution >= 0.6 is 0 Å². The fraction of sp³-hybridized carbons (Fsp3) is 0.727. The largest absolute Gasteiger partial charge is 0.352 e. The van der Waals surface area contributed by atoms with Crippen LogP contribution in [-0.2, 0) is 4.79 Å². The maximum atomic E-state index is 11.1. The molecule has 1 amide bonds. The van der Waals surface area contributed by atoms with Crippen molar-refractivity contribution in [3.63, 3.8) is 0 Å². The van der Waals surface area contributed by atoms with Crippen molar-refractivity contribution in [2.75, 3.05) is 26.2 Å². The molecule has 0 atom stereocenters. The average Bonchev–Trinajstić information content (AvgIpc) is 2.21. The second-order valence-corrected chi connectivity index (χ2v) is 3.64. The number of rotatable bonds is 9. The van der Waals surface area contributed by atoms with E-state index in [1.165, 1.54) is 0 Å². The maximum Gasteiger partial charge on any atom is 0.246 e. The van der Waals surface area contributed by atoms with Gasteiger partial charge in [-0.05, 0) is 45.8 Å². The lowest BCUT2D eigenvalue weighted by atomic mass is 10.3. The van der Waals surface area contributed by atoms with Gasteiger partial charge in [-0.25, -0.2) is 0 Å². The van der Waals surface area contributed by atoms with Crippen molar-refractivity contribution in [2.45, 2.75) is 26.2 Å². The maximum absolute atomic E-state index is 11.1. The van der Waals surface area contributed by atoms with Crippen LogP contribution in [0, 0.1) is 0 Å². The molecule has 0 aromatic rings. The highest BCUT2D eigenvalue weighted by atomic mass is 16.1. The van der Waals surface area contributed by atoms with Crippen LogP contribution in [0.15, 0.2) is 12.2 Å². The molecule has 0 aromatic heterocycles. The van der Waals surface area contributed by atoms with Crippen LogP contribution in [0.2, 0.25) is 0 Å². The molecule has 0 fully saturated rings. The molecule has 0 aromatic carbocycles. The summed E-state index contributed by atoms with van der Waals surface area (Å²) in [6, 6.07) is 0. The van der Waals surface area contributed by atoms with Gasteiger partial charge in [-0.15, -0.1) is 0 Å². The number of hydrogen-bond acceptors (Lipinski definition) is 3. The van der Waals surface area contributed by atoms with Crippen LogP contribution in [-0.4, -0.2) is 32.1 Å². The predicted molar refractivity (Wildman–Crippen MR) is 63.6 cm³/mol. The van der Waals surface area contributed by atoms with Crippen molar-refractivity contribution in [2.24, 2.45) is 5.73 Å². The lowest BCUT2D eigenvalue weighted by Crippen LogP contribution is -2.27. The molecule has 4 heteroatoms. The van der Waals surface area contributed by atoms with Gasteiger partial charge in [0.25, 0.3) is 0 Å². The number of hydrogen-bond donors (Lipinski definition) is 3. The molecule has 0 heterocycles. The molecule has 15 heavy (non-hydrogen) atoms. The number of amides is 1. The SMILES string of the molecule is C=C(C)C(=O)NCCCNCCCCN. The minimum absolute atomic E-state index is 0.0573. The molecule has 0 spiro atoms. The molecule has 88 valence electrons. The van der Waals surface area contributed by atoms with Gasteiger partial charge in [0.15, 0.2) is 0 Å². The van der Waals surface area contributed by atoms with Crippen LogP contribution in [0.3, 0.4) is 0 Å². The molecule has 0 aliphatic carbocycles. The highest BCUT2D eigenvalue weighted by Crippen LogP contribution is 1.86. The third-order valence-corrected chi connectivity index (χ3v) is 2.01. The van der Waals surface area contributed by atoms with E-state index in [0.717, 1.165) is 38.9 Å². The van der Waals surface area contributed by atoms with Crippen molar-refractivity contribution >= 4 is 5.91 Å². The van der Waals surface area contributed by atoms with E-state index in [9.17, 15) is 4.79 Å². The van der Waals surface area contributed by atoms with Gasteiger partial charge in [0, 0.05) is 12.1 Å². The number of unbranched alkanes of at least 4 members (excludes halogenated alkanes) is 1. The first-order valence-corrected chi connectivity index (χ1v) is 5.53. The molecule has 4 N–H and O–H groups in total. The molecule has 0 rings (SSSR count). The first-order chi connectivity index (χ1) is 7.18. The van der Waals surface area contributed by atoms with Gasteiger partial charge in [0.1, 0.15) is 0 Å². The number of nitrogens with one attached hydrogen (secondary N) is 2. The highest BCUT2D eigenvalue weighted by Gasteiger charge is 1.98. The second-order valence-electron chi connectivity index (χ2n) is 3.64. The Morgan fingerprint density at radius 2 is 1.87 bits per heavy atom. The summed E-state index contributed by atoms with van der Waals surface area (Å²) in [6.07, 6.45) is 3.13. The minimum atomic E-state index is -0.0573. The van der Waals surface area contributed by atoms with Gasteiger partial charge in [0.2, 0.25) is 5.91 Å². The zero-order valence-electron chi connectivity index (χ0n) is 9.64. The van der Waals surface area contributed by atoms with Gasteiger partial charge in [-0.1, -0.05) is 6.58 Å². The Labute approximate surface area is 92.3 Å². The van der Waals surface area contributed by atoms with Crippen LogP contribution in [0.4, 0.5) is 0 Å². The first kappa shape index (κ1) is 14.1. The summed E-state index contributed by atoms with van der Waals surface area (Å²) in [5.41, 5.74) is 5.93. The zero-order valence-corrected chi connectivity index (χ0v) is 9.64. The molecule has 0 aliphatic rings. The second kappa shape index (κ2) is 9.68. The van der Waals surface area contributed by atoms with E-state index in [1.807, 2.05) is 0 Å². The highest BCUT2D eigenvalue weighted by molar-refractivity contribution is 5.91. The summed E-state index contributed by atoms with van der Waals surface area (Å²) in [5.74, 6) is -0.0573. The molecule has 0 bridgehead atoms. The summed E-state index contributed by atoms with van der Waals surface area (Å²) in [5, 5.41) is 6.08. The minimum Gasteiger partial charge on any atom is -0.352 e. The molecular formula is C11H23N3O. The van der Waals surface area contributed by atoms with Crippen LogP contribution in [0.25, 0.3) is 0 Å². The zero-order chi connectivity index (χ0) is 11.5. The smallest absolute Gasteiger partial charge is 0.246 e. The van der Waals surface area contributed by atoms with Crippen molar-refractivity contribution < 1.29 is 4.79 Å². The van der Waals surface area contributed by atoms with Crippen molar-refractivity contribution in [1.29, 1.82) is 0 Å². The number of nitrogens with two attached hydrogens (primary N) is 1. The lowest BCUT2D eigenvalue weighted by molar-refractivity contribution is -0.117. The number of carbonyl (C=O) groups excluding carboxylic acids is 1. The molecule has 0 aliphatic heterocycles. The van der Waals surface area contributed by atoms with E-state index in [-0.39, 0.29) is 5.91 Å². The Morgan fingerprint density at radius 3 is 2.47 bits per heavy atom. The third kappa shape index (κ3) is 9.43. The van der Waals surface area contributed by atoms with Gasteiger partial charge >= 0.3 is 0 Å². The standard InChI is InChI=1S/C11H23N3O/c1-10(2)11(15)14-9-5-8-13-7-4-3-6-12/h13H,1,3-9,12H2,2H3,(H,14,15). The lowest BCUT2D eigenvalue weighted by Gasteiger charge is -2.05. The topological polar surface area (TPSA) is 67.2 Å². The summed E-state index contributed by atoms with van der Waals surface area (Å²) >= 11 is 0. The van der Waals surface area contributed by atoms with Crippen molar-refractivity contribution in [3.05, 3.63) is 12.2 Å². The van der Waals surface area contributed by atoms with Gasteiger partial charge < -0.3 is 16.4 Å². The van der Waals surface area contributed by atoms with Crippen LogP contribution < -0.4 is 16.4 Å². The molecular weight excluding hydrogens is 190 g/mol. The molecule has 4 nitrogen and oxygen atoms in total. The summed E-state index contributed by atoms with van der Waals surface area (Å²) < 4.78 is 0. The van der Waals surface area contributed by atoms with E-state index >= 15 is 0 Å². The van der Waals surface area contributed by atoms with E-state index in [1.54, 1.807) is 6.92 Å². The summed E-state index contributed by atoms with van der Waals surface area (Å²) in [4.78, 5) is 11.1. The number of carbonyl (C=O) groups is 1. The molecule has 0 saturated carbocycles. The van der Waals surface area contributed by atoms with E-state index in [4.69, 9.17) is 5.73 Å². The average molecular weight is 213 g/mol. The Bertz CT molecular complexity index is 192. The molecule has 0 radical (unpaired) electrons. The van der Waals surface area contributed by atoms with Crippen molar-refractivity contribution in [3.8, 4) is 0 Å². The fourth-order valence-corrected chi connectivity index (χ4v) is 1.09. The molecule has 0 unspecified atom stereocenters. The normalized spacial score (nSPS) is 10.0. The van der Waals surface area contributed by atoms with E-state index in [2.05, 4.69) is 17.2 Å². The Morgan fingerprint density at radius 1 is 1.20 bits per heavy atom. The summed E-state index contributed by atoms with van der Waals surface area (Å²) in [7, 11) is 0. The van der Waals surface area contributed by atoms with Crippen LogP contribution in [0.1, 0.15) is 26.2 Å². The van der Waals surface area contributed by atoms with E-state index in [0.29, 0.717) is 12.1 Å². The fourth-order valence-electron chi connectivity index (χ4n) is 1.09. The van der Waals surface area contributed by atoms with Gasteiger partial charge in [-0.2, -0.15) is 0 Å². The predicted octanol–water partition coefficient (Wildman–Crippen LogP) is 0.397. The van der Waals surface area contributed by atoms with Crippen molar-refractivity contribution in [1.82, 2.24) is 10.6 Å². The third-order valence-electron chi connectivity index (χ3n) is 2.01. The quantitative estimate of drug-likeness (QED) is 0.383.